The van der Waals surface area contributed by atoms with Gasteiger partial charge in [0.1, 0.15) is 0 Å². The van der Waals surface area contributed by atoms with Crippen molar-refractivity contribution in [3.63, 3.8) is 0 Å². The third-order valence-electron chi connectivity index (χ3n) is 3.29. The highest BCUT2D eigenvalue weighted by molar-refractivity contribution is 6.18. The topological polar surface area (TPSA) is 38.3 Å². The summed E-state index contributed by atoms with van der Waals surface area (Å²) in [6.45, 7) is 2.74. The molecule has 0 bridgehead atoms. The molecule has 16 heavy (non-hydrogen) atoms. The smallest absolute Gasteiger partial charge is 0.223 e. The highest BCUT2D eigenvalue weighted by atomic mass is 35.5. The summed E-state index contributed by atoms with van der Waals surface area (Å²) in [7, 11) is 1.62. The van der Waals surface area contributed by atoms with Crippen LogP contribution in [0.25, 0.3) is 0 Å². The zero-order valence-electron chi connectivity index (χ0n) is 10.2. The van der Waals surface area contributed by atoms with Crippen molar-refractivity contribution in [3.05, 3.63) is 0 Å². The van der Waals surface area contributed by atoms with Crippen LogP contribution in [0, 0.1) is 11.8 Å². The minimum absolute atomic E-state index is 0.0569. The highest BCUT2D eigenvalue weighted by Crippen LogP contribution is 2.28. The van der Waals surface area contributed by atoms with Crippen molar-refractivity contribution in [2.24, 2.45) is 11.8 Å². The lowest BCUT2D eigenvalue weighted by molar-refractivity contribution is -0.127. The average Bonchev–Trinajstić information content (AvgIpc) is 2.29. The summed E-state index contributed by atoms with van der Waals surface area (Å²) in [6.07, 6.45) is 4.34. The van der Waals surface area contributed by atoms with Crippen LogP contribution in [0.3, 0.4) is 0 Å². The Morgan fingerprint density at radius 3 is 2.56 bits per heavy atom. The molecular weight excluding hydrogens is 226 g/mol. The van der Waals surface area contributed by atoms with Crippen LogP contribution in [0.15, 0.2) is 0 Å². The van der Waals surface area contributed by atoms with Crippen molar-refractivity contribution >= 4 is 17.5 Å². The second kappa shape index (κ2) is 7.13. The second-order valence-corrected chi connectivity index (χ2v) is 5.08. The second-order valence-electron chi connectivity index (χ2n) is 4.77. The lowest BCUT2D eigenvalue weighted by atomic mass is 9.82. The molecule has 3 nitrogen and oxygen atoms in total. The van der Waals surface area contributed by atoms with E-state index in [9.17, 15) is 4.79 Å². The predicted octanol–water partition coefficient (Wildman–Crippen LogP) is 2.18. The zero-order chi connectivity index (χ0) is 12.0. The number of hydrogen-bond acceptors (Lipinski definition) is 2. The van der Waals surface area contributed by atoms with Crippen molar-refractivity contribution in [2.75, 3.05) is 19.6 Å². The molecule has 1 saturated carbocycles. The number of halogens is 1. The Kier molecular flexibility index (Phi) is 6.14. The molecule has 0 radical (unpaired) electrons. The van der Waals surface area contributed by atoms with Crippen molar-refractivity contribution in [1.82, 2.24) is 5.32 Å². The number of carbonyl (C=O) groups excluding carboxylic acids is 1. The highest BCUT2D eigenvalue weighted by Gasteiger charge is 2.25. The van der Waals surface area contributed by atoms with Crippen LogP contribution in [0.2, 0.25) is 0 Å². The number of nitrogens with one attached hydrogen (secondary N) is 1. The first-order valence-corrected chi connectivity index (χ1v) is 6.56. The Morgan fingerprint density at radius 1 is 1.44 bits per heavy atom. The Morgan fingerprint density at radius 2 is 2.06 bits per heavy atom. The van der Waals surface area contributed by atoms with E-state index in [0.717, 1.165) is 31.6 Å². The Labute approximate surface area is 103 Å². The summed E-state index contributed by atoms with van der Waals surface area (Å²) in [5.74, 6) is 1.50. The first-order chi connectivity index (χ1) is 7.67. The van der Waals surface area contributed by atoms with Gasteiger partial charge in [-0.3, -0.25) is 4.79 Å². The fourth-order valence-corrected chi connectivity index (χ4v) is 2.33. The number of alkyl halides is 1. The maximum Gasteiger partial charge on any atom is 0.223 e. The van der Waals surface area contributed by atoms with Crippen molar-refractivity contribution in [1.29, 1.82) is 0 Å². The van der Waals surface area contributed by atoms with Gasteiger partial charge in [-0.05, 0) is 31.6 Å². The van der Waals surface area contributed by atoms with Gasteiger partial charge in [-0.15, -0.1) is 11.6 Å². The molecule has 0 spiro atoms. The van der Waals surface area contributed by atoms with Crippen LogP contribution in [-0.4, -0.2) is 31.5 Å². The Bertz CT molecular complexity index is 215. The summed E-state index contributed by atoms with van der Waals surface area (Å²) >= 11 is 5.76. The molecule has 1 unspecified atom stereocenters. The minimum atomic E-state index is -0.0569. The normalized spacial score (nSPS) is 27.4. The molecule has 1 amide bonds. The van der Waals surface area contributed by atoms with Gasteiger partial charge in [-0.1, -0.05) is 6.92 Å². The van der Waals surface area contributed by atoms with Crippen molar-refractivity contribution in [2.45, 2.75) is 38.6 Å². The summed E-state index contributed by atoms with van der Waals surface area (Å²) < 4.78 is 5.00. The monoisotopic (exact) mass is 247 g/mol. The van der Waals surface area contributed by atoms with Crippen LogP contribution >= 0.6 is 11.6 Å². The molecule has 0 aromatic heterocycles. The minimum Gasteiger partial charge on any atom is -0.383 e. The summed E-state index contributed by atoms with van der Waals surface area (Å²) in [6, 6.07) is -0.0569. The zero-order valence-corrected chi connectivity index (χ0v) is 10.9. The van der Waals surface area contributed by atoms with E-state index < -0.39 is 0 Å². The van der Waals surface area contributed by atoms with E-state index in [1.54, 1.807) is 7.11 Å². The largest absolute Gasteiger partial charge is 0.383 e. The summed E-state index contributed by atoms with van der Waals surface area (Å²) in [5.41, 5.74) is 0. The van der Waals surface area contributed by atoms with Crippen LogP contribution in [0.4, 0.5) is 0 Å². The lowest BCUT2D eigenvalue weighted by Gasteiger charge is -2.26. The van der Waals surface area contributed by atoms with E-state index in [4.69, 9.17) is 16.3 Å². The molecule has 1 aliphatic carbocycles. The third kappa shape index (κ3) is 4.30. The molecular formula is C12H22ClNO2. The van der Waals surface area contributed by atoms with E-state index in [-0.39, 0.29) is 17.9 Å². The lowest BCUT2D eigenvalue weighted by Crippen LogP contribution is -2.43. The van der Waals surface area contributed by atoms with Crippen LogP contribution in [-0.2, 0) is 9.53 Å². The molecule has 1 atom stereocenters. The van der Waals surface area contributed by atoms with Crippen molar-refractivity contribution in [3.8, 4) is 0 Å². The third-order valence-corrected chi connectivity index (χ3v) is 3.66. The van der Waals surface area contributed by atoms with Crippen LogP contribution in [0.1, 0.15) is 32.6 Å². The molecule has 0 aromatic rings. The number of rotatable bonds is 5. The van der Waals surface area contributed by atoms with Gasteiger partial charge < -0.3 is 10.1 Å². The molecule has 94 valence electrons. The maximum absolute atomic E-state index is 11.9. The standard InChI is InChI=1S/C12H22ClNO2/c1-9-3-5-10(6-4-9)12(15)14-11(7-13)8-16-2/h9-11H,3-8H2,1-2H3,(H,14,15). The molecule has 0 saturated heterocycles. The molecule has 1 aliphatic rings. The Hall–Kier alpha value is -0.280. The molecule has 1 fully saturated rings. The van der Waals surface area contributed by atoms with Crippen molar-refractivity contribution < 1.29 is 9.53 Å². The van der Waals surface area contributed by atoms with Gasteiger partial charge in [0.05, 0.1) is 12.6 Å². The van der Waals surface area contributed by atoms with Gasteiger partial charge in [-0.25, -0.2) is 0 Å². The summed E-state index contributed by atoms with van der Waals surface area (Å²) in [4.78, 5) is 11.9. The van der Waals surface area contributed by atoms with E-state index in [0.29, 0.717) is 12.5 Å². The van der Waals surface area contributed by atoms with E-state index >= 15 is 0 Å². The van der Waals surface area contributed by atoms with Gasteiger partial charge in [0.25, 0.3) is 0 Å². The molecule has 1 rings (SSSR count). The molecule has 0 aliphatic heterocycles. The van der Waals surface area contributed by atoms with Gasteiger partial charge in [-0.2, -0.15) is 0 Å². The van der Waals surface area contributed by atoms with E-state index in [2.05, 4.69) is 12.2 Å². The van der Waals surface area contributed by atoms with E-state index in [1.165, 1.54) is 0 Å². The van der Waals surface area contributed by atoms with Gasteiger partial charge >= 0.3 is 0 Å². The first kappa shape index (κ1) is 13.8. The molecule has 1 N–H and O–H groups in total. The Balaban J connectivity index is 2.33. The number of amides is 1. The van der Waals surface area contributed by atoms with Crippen LogP contribution < -0.4 is 5.32 Å². The average molecular weight is 248 g/mol. The quantitative estimate of drug-likeness (QED) is 0.757. The maximum atomic E-state index is 11.9. The fourth-order valence-electron chi connectivity index (χ4n) is 2.17. The first-order valence-electron chi connectivity index (χ1n) is 6.02. The van der Waals surface area contributed by atoms with Gasteiger partial charge in [0, 0.05) is 18.9 Å². The fraction of sp³-hybridized carbons (Fsp3) is 0.917. The van der Waals surface area contributed by atoms with Crippen LogP contribution in [0.5, 0.6) is 0 Å². The van der Waals surface area contributed by atoms with E-state index in [1.807, 2.05) is 0 Å². The predicted molar refractivity (Wildman–Crippen MR) is 65.6 cm³/mol. The SMILES string of the molecule is COCC(CCl)NC(=O)C1CCC(C)CC1. The molecule has 4 heteroatoms. The molecule has 0 heterocycles. The van der Waals surface area contributed by atoms with Gasteiger partial charge in [0.15, 0.2) is 0 Å². The summed E-state index contributed by atoms with van der Waals surface area (Å²) in [5, 5.41) is 2.96. The number of hydrogen-bond donors (Lipinski definition) is 1. The van der Waals surface area contributed by atoms with Gasteiger partial charge in [0.2, 0.25) is 5.91 Å². The number of carbonyl (C=O) groups is 1. The molecule has 0 aromatic carbocycles. The number of methoxy groups -OCH3 is 1. The number of ether oxygens (including phenoxy) is 1.